The second-order valence-electron chi connectivity index (χ2n) is 4.80. The van der Waals surface area contributed by atoms with Crippen LogP contribution in [-0.4, -0.2) is 8.42 Å². The highest BCUT2D eigenvalue weighted by Crippen LogP contribution is 2.19. The number of nitrogens with one attached hydrogen (secondary N) is 1. The topological polar surface area (TPSA) is 46.2 Å². The van der Waals surface area contributed by atoms with Gasteiger partial charge in [-0.05, 0) is 36.1 Å². The van der Waals surface area contributed by atoms with Crippen molar-refractivity contribution in [3.05, 3.63) is 65.2 Å². The molecular formula is C16H19NO2S. The van der Waals surface area contributed by atoms with E-state index in [2.05, 4.69) is 4.72 Å². The number of benzene rings is 2. The van der Waals surface area contributed by atoms with Crippen LogP contribution in [0.3, 0.4) is 0 Å². The fourth-order valence-corrected chi connectivity index (χ4v) is 3.45. The molecule has 0 atom stereocenters. The average molecular weight is 289 g/mol. The Labute approximate surface area is 120 Å². The second kappa shape index (κ2) is 6.09. The lowest BCUT2D eigenvalue weighted by atomic mass is 10.1. The molecule has 0 saturated carbocycles. The molecule has 0 aromatic heterocycles. The van der Waals surface area contributed by atoms with E-state index >= 15 is 0 Å². The zero-order valence-electron chi connectivity index (χ0n) is 11.8. The van der Waals surface area contributed by atoms with E-state index in [0.717, 1.165) is 23.1 Å². The third-order valence-electron chi connectivity index (χ3n) is 3.27. The quantitative estimate of drug-likeness (QED) is 0.915. The van der Waals surface area contributed by atoms with Gasteiger partial charge in [-0.1, -0.05) is 49.4 Å². The summed E-state index contributed by atoms with van der Waals surface area (Å²) in [4.78, 5) is 0. The molecular weight excluding hydrogens is 270 g/mol. The highest BCUT2D eigenvalue weighted by Gasteiger charge is 2.14. The minimum Gasteiger partial charge on any atom is -0.283 e. The fraction of sp³-hybridized carbons (Fsp3) is 0.250. The maximum Gasteiger partial charge on any atom is 0.236 e. The molecule has 0 radical (unpaired) electrons. The molecule has 2 rings (SSSR count). The van der Waals surface area contributed by atoms with Crippen LogP contribution < -0.4 is 4.72 Å². The Morgan fingerprint density at radius 2 is 1.55 bits per heavy atom. The lowest BCUT2D eigenvalue weighted by Crippen LogP contribution is -2.16. The van der Waals surface area contributed by atoms with Gasteiger partial charge in [0.05, 0.1) is 11.4 Å². The van der Waals surface area contributed by atoms with Crippen LogP contribution >= 0.6 is 0 Å². The summed E-state index contributed by atoms with van der Waals surface area (Å²) < 4.78 is 27.2. The van der Waals surface area contributed by atoms with Crippen molar-refractivity contribution in [1.29, 1.82) is 0 Å². The standard InChI is InChI=1S/C16H19NO2S/c1-3-14-9-6-7-11-16(14)17-20(18,19)12-15-10-5-4-8-13(15)2/h4-11,17H,3,12H2,1-2H3. The Bertz CT molecular complexity index is 693. The summed E-state index contributed by atoms with van der Waals surface area (Å²) in [6.45, 7) is 3.93. The number of aryl methyl sites for hydroxylation is 2. The van der Waals surface area contributed by atoms with Gasteiger partial charge < -0.3 is 0 Å². The van der Waals surface area contributed by atoms with E-state index in [9.17, 15) is 8.42 Å². The summed E-state index contributed by atoms with van der Waals surface area (Å²) in [7, 11) is -3.39. The van der Waals surface area contributed by atoms with Gasteiger partial charge in [0.15, 0.2) is 0 Å². The van der Waals surface area contributed by atoms with Crippen LogP contribution in [0.4, 0.5) is 5.69 Å². The van der Waals surface area contributed by atoms with Crippen molar-refractivity contribution >= 4 is 15.7 Å². The molecule has 0 unspecified atom stereocenters. The van der Waals surface area contributed by atoms with Crippen molar-refractivity contribution in [2.45, 2.75) is 26.0 Å². The minimum atomic E-state index is -3.39. The van der Waals surface area contributed by atoms with Crippen molar-refractivity contribution in [3.63, 3.8) is 0 Å². The normalized spacial score (nSPS) is 11.3. The van der Waals surface area contributed by atoms with Crippen molar-refractivity contribution in [3.8, 4) is 0 Å². The van der Waals surface area contributed by atoms with Gasteiger partial charge in [-0.3, -0.25) is 4.72 Å². The van der Waals surface area contributed by atoms with E-state index in [1.807, 2.05) is 56.3 Å². The third-order valence-corrected chi connectivity index (χ3v) is 4.49. The first-order valence-corrected chi connectivity index (χ1v) is 8.30. The summed E-state index contributed by atoms with van der Waals surface area (Å²) in [5.41, 5.74) is 3.49. The smallest absolute Gasteiger partial charge is 0.236 e. The predicted octanol–water partition coefficient (Wildman–Crippen LogP) is 3.50. The van der Waals surface area contributed by atoms with E-state index in [-0.39, 0.29) is 5.75 Å². The van der Waals surface area contributed by atoms with Crippen LogP contribution in [0.5, 0.6) is 0 Å². The molecule has 0 aliphatic carbocycles. The van der Waals surface area contributed by atoms with Crippen molar-refractivity contribution < 1.29 is 8.42 Å². The molecule has 0 aliphatic rings. The Kier molecular flexibility index (Phi) is 4.45. The van der Waals surface area contributed by atoms with Crippen LogP contribution in [0.1, 0.15) is 23.6 Å². The van der Waals surface area contributed by atoms with E-state index < -0.39 is 10.0 Å². The lowest BCUT2D eigenvalue weighted by molar-refractivity contribution is 0.600. The highest BCUT2D eigenvalue weighted by molar-refractivity contribution is 7.91. The molecule has 0 saturated heterocycles. The maximum atomic E-state index is 12.3. The Hall–Kier alpha value is -1.81. The maximum absolute atomic E-state index is 12.3. The van der Waals surface area contributed by atoms with E-state index in [0.29, 0.717) is 5.69 Å². The first-order chi connectivity index (χ1) is 9.52. The highest BCUT2D eigenvalue weighted by atomic mass is 32.2. The van der Waals surface area contributed by atoms with Crippen LogP contribution in [-0.2, 0) is 22.2 Å². The lowest BCUT2D eigenvalue weighted by Gasteiger charge is -2.12. The summed E-state index contributed by atoms with van der Waals surface area (Å²) in [5.74, 6) is -0.00226. The molecule has 3 nitrogen and oxygen atoms in total. The van der Waals surface area contributed by atoms with Gasteiger partial charge in [0.25, 0.3) is 0 Å². The fourth-order valence-electron chi connectivity index (χ4n) is 2.11. The van der Waals surface area contributed by atoms with Gasteiger partial charge in [-0.25, -0.2) is 8.42 Å². The molecule has 4 heteroatoms. The Balaban J connectivity index is 2.22. The molecule has 0 amide bonds. The number of hydrogen-bond acceptors (Lipinski definition) is 2. The van der Waals surface area contributed by atoms with Crippen LogP contribution in [0.2, 0.25) is 0 Å². The molecule has 20 heavy (non-hydrogen) atoms. The molecule has 0 heterocycles. The monoisotopic (exact) mass is 289 g/mol. The van der Waals surface area contributed by atoms with Gasteiger partial charge in [0, 0.05) is 0 Å². The molecule has 1 N–H and O–H groups in total. The number of para-hydroxylation sites is 1. The molecule has 0 aliphatic heterocycles. The number of sulfonamides is 1. The van der Waals surface area contributed by atoms with Gasteiger partial charge >= 0.3 is 0 Å². The molecule has 0 bridgehead atoms. The zero-order chi connectivity index (χ0) is 14.6. The zero-order valence-corrected chi connectivity index (χ0v) is 12.6. The Morgan fingerprint density at radius 3 is 2.20 bits per heavy atom. The predicted molar refractivity (Wildman–Crippen MR) is 83.2 cm³/mol. The number of anilines is 1. The number of hydrogen-bond donors (Lipinski definition) is 1. The first kappa shape index (κ1) is 14.6. The largest absolute Gasteiger partial charge is 0.283 e. The number of rotatable bonds is 5. The SMILES string of the molecule is CCc1ccccc1NS(=O)(=O)Cc1ccccc1C. The molecule has 2 aromatic carbocycles. The van der Waals surface area contributed by atoms with Gasteiger partial charge in [0.1, 0.15) is 0 Å². The van der Waals surface area contributed by atoms with Crippen LogP contribution in [0.15, 0.2) is 48.5 Å². The van der Waals surface area contributed by atoms with Crippen molar-refractivity contribution in [2.24, 2.45) is 0 Å². The summed E-state index contributed by atoms with van der Waals surface area (Å²) in [6.07, 6.45) is 0.795. The molecule has 2 aromatic rings. The van der Waals surface area contributed by atoms with Crippen molar-refractivity contribution in [1.82, 2.24) is 0 Å². The van der Waals surface area contributed by atoms with Gasteiger partial charge in [0.2, 0.25) is 10.0 Å². The van der Waals surface area contributed by atoms with Crippen molar-refractivity contribution in [2.75, 3.05) is 4.72 Å². The van der Waals surface area contributed by atoms with Crippen LogP contribution in [0.25, 0.3) is 0 Å². The van der Waals surface area contributed by atoms with E-state index in [1.54, 1.807) is 6.07 Å². The molecule has 0 spiro atoms. The second-order valence-corrected chi connectivity index (χ2v) is 6.52. The van der Waals surface area contributed by atoms with Crippen LogP contribution in [0, 0.1) is 6.92 Å². The Morgan fingerprint density at radius 1 is 0.950 bits per heavy atom. The van der Waals surface area contributed by atoms with Gasteiger partial charge in [-0.2, -0.15) is 0 Å². The van der Waals surface area contributed by atoms with E-state index in [4.69, 9.17) is 0 Å². The summed E-state index contributed by atoms with van der Waals surface area (Å²) in [5, 5.41) is 0. The van der Waals surface area contributed by atoms with E-state index in [1.165, 1.54) is 0 Å². The third kappa shape index (κ3) is 3.61. The van der Waals surface area contributed by atoms with Gasteiger partial charge in [-0.15, -0.1) is 0 Å². The molecule has 106 valence electrons. The summed E-state index contributed by atoms with van der Waals surface area (Å²) >= 11 is 0. The first-order valence-electron chi connectivity index (χ1n) is 6.65. The average Bonchev–Trinajstić information content (AvgIpc) is 2.41. The minimum absolute atomic E-state index is 0.00226. The molecule has 0 fully saturated rings. The summed E-state index contributed by atoms with van der Waals surface area (Å²) in [6, 6.07) is 15.0.